The molecule has 0 spiro atoms. The van der Waals surface area contributed by atoms with Gasteiger partial charge in [-0.1, -0.05) is 11.6 Å². The molecule has 22 heavy (non-hydrogen) atoms. The largest absolute Gasteiger partial charge is 0.345 e. The first-order valence-corrected chi connectivity index (χ1v) is 8.43. The van der Waals surface area contributed by atoms with E-state index in [0.717, 1.165) is 0 Å². The Balaban J connectivity index is 2.30. The lowest BCUT2D eigenvalue weighted by molar-refractivity contribution is -0.117. The summed E-state index contributed by atoms with van der Waals surface area (Å²) in [5.74, 6) is -0.603. The number of halogens is 1. The first kappa shape index (κ1) is 16.7. The molecule has 1 aromatic rings. The summed E-state index contributed by atoms with van der Waals surface area (Å²) >= 11 is 6.09. The van der Waals surface area contributed by atoms with Crippen LogP contribution >= 0.6 is 11.6 Å². The van der Waals surface area contributed by atoms with Crippen molar-refractivity contribution in [3.8, 4) is 0 Å². The Kier molecular flexibility index (Phi) is 4.46. The smallest absolute Gasteiger partial charge is 0.254 e. The quantitative estimate of drug-likeness (QED) is 0.858. The fraction of sp³-hybridized carbons (Fsp3) is 0.385. The molecule has 1 aliphatic heterocycles. The van der Waals surface area contributed by atoms with Crippen molar-refractivity contribution < 1.29 is 18.0 Å². The minimum atomic E-state index is -3.78. The third-order valence-electron chi connectivity index (χ3n) is 3.46. The second-order valence-electron chi connectivity index (χ2n) is 5.28. The van der Waals surface area contributed by atoms with Gasteiger partial charge in [0.05, 0.1) is 10.6 Å². The highest BCUT2D eigenvalue weighted by molar-refractivity contribution is 7.89. The molecule has 0 radical (unpaired) electrons. The van der Waals surface area contributed by atoms with Gasteiger partial charge in [-0.25, -0.2) is 13.6 Å². The van der Waals surface area contributed by atoms with Crippen molar-refractivity contribution in [1.82, 2.24) is 4.90 Å². The third-order valence-corrected chi connectivity index (χ3v) is 5.01. The van der Waals surface area contributed by atoms with Crippen molar-refractivity contribution in [2.45, 2.75) is 11.7 Å². The maximum atomic E-state index is 12.0. The number of carbonyl (C=O) groups excluding carboxylic acids is 2. The number of hydrogen-bond donors (Lipinski definition) is 1. The minimum absolute atomic E-state index is 0.0189. The van der Waals surface area contributed by atoms with Crippen LogP contribution in [0.25, 0.3) is 0 Å². The summed E-state index contributed by atoms with van der Waals surface area (Å²) in [5.41, 5.74) is 0.751. The Labute approximate surface area is 133 Å². The summed E-state index contributed by atoms with van der Waals surface area (Å²) in [5, 5.41) is 4.36. The van der Waals surface area contributed by atoms with E-state index in [2.05, 4.69) is 0 Å². The number of anilines is 1. The Morgan fingerprint density at radius 3 is 2.50 bits per heavy atom. The van der Waals surface area contributed by atoms with Gasteiger partial charge in [-0.2, -0.15) is 0 Å². The van der Waals surface area contributed by atoms with E-state index in [1.54, 1.807) is 20.2 Å². The molecule has 2 rings (SSSR count). The van der Waals surface area contributed by atoms with E-state index >= 15 is 0 Å². The van der Waals surface area contributed by atoms with Gasteiger partial charge in [-0.05, 0) is 18.2 Å². The van der Waals surface area contributed by atoms with Crippen molar-refractivity contribution in [1.29, 1.82) is 0 Å². The van der Waals surface area contributed by atoms with Crippen LogP contribution in [0.2, 0.25) is 5.02 Å². The van der Waals surface area contributed by atoms with Crippen LogP contribution in [0.4, 0.5) is 5.69 Å². The number of hydrogen-bond acceptors (Lipinski definition) is 4. The van der Waals surface area contributed by atoms with Gasteiger partial charge in [0.15, 0.2) is 0 Å². The van der Waals surface area contributed by atoms with Crippen LogP contribution < -0.4 is 10.0 Å². The van der Waals surface area contributed by atoms with Crippen LogP contribution in [-0.4, -0.2) is 51.0 Å². The van der Waals surface area contributed by atoms with E-state index < -0.39 is 15.3 Å². The third kappa shape index (κ3) is 3.23. The Morgan fingerprint density at radius 2 is 2.05 bits per heavy atom. The van der Waals surface area contributed by atoms with Crippen molar-refractivity contribution >= 4 is 39.1 Å². The van der Waals surface area contributed by atoms with Gasteiger partial charge in [0.25, 0.3) is 5.91 Å². The predicted octanol–water partition coefficient (Wildman–Crippen LogP) is 0.436. The molecule has 0 aromatic heterocycles. The van der Waals surface area contributed by atoms with Crippen molar-refractivity contribution in [3.63, 3.8) is 0 Å². The molecule has 0 aliphatic carbocycles. The molecule has 9 heteroatoms. The highest BCUT2D eigenvalue weighted by Crippen LogP contribution is 2.28. The van der Waals surface area contributed by atoms with Gasteiger partial charge in [-0.15, -0.1) is 0 Å². The molecule has 0 bridgehead atoms. The first-order valence-electron chi connectivity index (χ1n) is 6.44. The van der Waals surface area contributed by atoms with Crippen LogP contribution in [0.5, 0.6) is 0 Å². The molecule has 1 aromatic carbocycles. The maximum Gasteiger partial charge on any atom is 0.254 e. The van der Waals surface area contributed by atoms with Crippen molar-refractivity contribution in [3.05, 3.63) is 28.8 Å². The summed E-state index contributed by atoms with van der Waals surface area (Å²) in [7, 11) is -0.567. The fourth-order valence-electron chi connectivity index (χ4n) is 2.23. The maximum absolute atomic E-state index is 12.0. The number of carbonyl (C=O) groups is 2. The number of primary sulfonamides is 1. The molecular weight excluding hydrogens is 330 g/mol. The van der Waals surface area contributed by atoms with E-state index in [4.69, 9.17) is 16.7 Å². The first-order chi connectivity index (χ1) is 10.1. The van der Waals surface area contributed by atoms with E-state index in [1.165, 1.54) is 21.9 Å². The standard InChI is InChI=1S/C13H16ClN3O4S/c1-16(2)13(19)10-4-3-8(5-11(10)14)17-7-9(6-12(17)18)22(15,20)21/h3-5,9H,6-7H2,1-2H3,(H2,15,20,21). The number of rotatable bonds is 3. The van der Waals surface area contributed by atoms with Gasteiger partial charge >= 0.3 is 0 Å². The van der Waals surface area contributed by atoms with Gasteiger partial charge in [0.1, 0.15) is 5.25 Å². The number of amides is 2. The molecular formula is C13H16ClN3O4S. The summed E-state index contributed by atoms with van der Waals surface area (Å²) in [6, 6.07) is 4.55. The monoisotopic (exact) mass is 345 g/mol. The average Bonchev–Trinajstić information content (AvgIpc) is 2.80. The summed E-state index contributed by atoms with van der Waals surface area (Å²) in [6.07, 6.45) is -0.158. The second-order valence-corrected chi connectivity index (χ2v) is 7.54. The Bertz CT molecular complexity index is 733. The molecule has 1 saturated heterocycles. The van der Waals surface area contributed by atoms with Crippen LogP contribution in [0, 0.1) is 0 Å². The van der Waals surface area contributed by atoms with Crippen LogP contribution in [0.3, 0.4) is 0 Å². The minimum Gasteiger partial charge on any atom is -0.345 e. The summed E-state index contributed by atoms with van der Waals surface area (Å²) in [4.78, 5) is 26.6. The predicted molar refractivity (Wildman–Crippen MR) is 83.3 cm³/mol. The van der Waals surface area contributed by atoms with Gasteiger partial charge in [0, 0.05) is 32.7 Å². The molecule has 7 nitrogen and oxygen atoms in total. The van der Waals surface area contributed by atoms with Crippen LogP contribution in [0.1, 0.15) is 16.8 Å². The summed E-state index contributed by atoms with van der Waals surface area (Å²) in [6.45, 7) is -0.0189. The van der Waals surface area contributed by atoms with Crippen LogP contribution in [0.15, 0.2) is 18.2 Å². The number of nitrogens with zero attached hydrogens (tertiary/aromatic N) is 2. The zero-order chi connectivity index (χ0) is 16.7. The van der Waals surface area contributed by atoms with Crippen LogP contribution in [-0.2, 0) is 14.8 Å². The molecule has 1 aliphatic rings. The molecule has 0 saturated carbocycles. The average molecular weight is 346 g/mol. The zero-order valence-corrected chi connectivity index (χ0v) is 13.7. The molecule has 2 amide bonds. The highest BCUT2D eigenvalue weighted by atomic mass is 35.5. The lowest BCUT2D eigenvalue weighted by Gasteiger charge is -2.18. The normalized spacial score (nSPS) is 18.6. The molecule has 120 valence electrons. The van der Waals surface area contributed by atoms with E-state index in [-0.39, 0.29) is 29.8 Å². The lowest BCUT2D eigenvalue weighted by Crippen LogP contribution is -2.32. The molecule has 1 atom stereocenters. The lowest BCUT2D eigenvalue weighted by atomic mass is 10.1. The SMILES string of the molecule is CN(C)C(=O)c1ccc(N2CC(S(N)(=O)=O)CC2=O)cc1Cl. The second kappa shape index (κ2) is 5.86. The number of nitrogens with two attached hydrogens (primary N) is 1. The molecule has 2 N–H and O–H groups in total. The van der Waals surface area contributed by atoms with Gasteiger partial charge in [-0.3, -0.25) is 9.59 Å². The van der Waals surface area contributed by atoms with Crippen molar-refractivity contribution in [2.75, 3.05) is 25.5 Å². The number of benzene rings is 1. The number of sulfonamides is 1. The summed E-state index contributed by atoms with van der Waals surface area (Å²) < 4.78 is 22.7. The van der Waals surface area contributed by atoms with Crippen molar-refractivity contribution in [2.24, 2.45) is 5.14 Å². The van der Waals surface area contributed by atoms with E-state index in [0.29, 0.717) is 11.3 Å². The van der Waals surface area contributed by atoms with Gasteiger partial charge < -0.3 is 9.80 Å². The molecule has 1 heterocycles. The Hall–Kier alpha value is -1.64. The fourth-order valence-corrected chi connectivity index (χ4v) is 3.22. The zero-order valence-electron chi connectivity index (χ0n) is 12.1. The van der Waals surface area contributed by atoms with E-state index in [1.807, 2.05) is 0 Å². The molecule has 1 fully saturated rings. The Morgan fingerprint density at radius 1 is 1.41 bits per heavy atom. The highest BCUT2D eigenvalue weighted by Gasteiger charge is 2.37. The van der Waals surface area contributed by atoms with Gasteiger partial charge in [0.2, 0.25) is 15.9 Å². The molecule has 1 unspecified atom stereocenters. The topological polar surface area (TPSA) is 101 Å². The van der Waals surface area contributed by atoms with E-state index in [9.17, 15) is 18.0 Å².